The lowest BCUT2D eigenvalue weighted by Gasteiger charge is -2.08. The molecule has 0 aromatic heterocycles. The summed E-state index contributed by atoms with van der Waals surface area (Å²) in [5, 5.41) is 6.86. The van der Waals surface area contributed by atoms with Crippen molar-refractivity contribution in [3.8, 4) is 0 Å². The standard InChI is InChI=1S/C17H25N3O2/c1-11(2)10-13(5)19-20-17(22)14-6-8-15(9-7-14)18-16(21)12(3)4/h6-9,11-12H,10H2,1-5H3,(H,18,21)(H,20,22)/b19-13+. The van der Waals surface area contributed by atoms with Gasteiger partial charge < -0.3 is 5.32 Å². The second kappa shape index (κ2) is 8.32. The summed E-state index contributed by atoms with van der Waals surface area (Å²) in [4.78, 5) is 23.6. The number of hydrazone groups is 1. The van der Waals surface area contributed by atoms with Crippen molar-refractivity contribution in [3.63, 3.8) is 0 Å². The van der Waals surface area contributed by atoms with Gasteiger partial charge in [-0.05, 0) is 43.5 Å². The van der Waals surface area contributed by atoms with Crippen LogP contribution >= 0.6 is 0 Å². The number of anilines is 1. The molecule has 2 N–H and O–H groups in total. The van der Waals surface area contributed by atoms with Gasteiger partial charge in [-0.3, -0.25) is 9.59 Å². The zero-order valence-electron chi connectivity index (χ0n) is 13.9. The van der Waals surface area contributed by atoms with Crippen LogP contribution in [0.1, 0.15) is 51.4 Å². The van der Waals surface area contributed by atoms with E-state index in [9.17, 15) is 9.59 Å². The molecule has 0 saturated carbocycles. The van der Waals surface area contributed by atoms with E-state index in [-0.39, 0.29) is 17.7 Å². The Balaban J connectivity index is 2.62. The summed E-state index contributed by atoms with van der Waals surface area (Å²) in [7, 11) is 0. The molecule has 0 heterocycles. The molecular formula is C17H25N3O2. The van der Waals surface area contributed by atoms with Gasteiger partial charge >= 0.3 is 0 Å². The lowest BCUT2D eigenvalue weighted by atomic mass is 10.1. The molecule has 2 amide bonds. The highest BCUT2D eigenvalue weighted by Crippen LogP contribution is 2.11. The van der Waals surface area contributed by atoms with Crippen LogP contribution in [0.2, 0.25) is 0 Å². The first-order valence-corrected chi connectivity index (χ1v) is 7.54. The van der Waals surface area contributed by atoms with Crippen molar-refractivity contribution >= 4 is 23.2 Å². The Labute approximate surface area is 132 Å². The van der Waals surface area contributed by atoms with Gasteiger partial charge in [-0.1, -0.05) is 27.7 Å². The van der Waals surface area contributed by atoms with Gasteiger partial charge in [0.2, 0.25) is 5.91 Å². The van der Waals surface area contributed by atoms with Gasteiger partial charge in [0.1, 0.15) is 0 Å². The minimum Gasteiger partial charge on any atom is -0.326 e. The van der Waals surface area contributed by atoms with Crippen molar-refractivity contribution in [2.45, 2.75) is 41.0 Å². The molecule has 1 rings (SSSR count). The Kier molecular flexibility index (Phi) is 6.76. The first kappa shape index (κ1) is 17.9. The summed E-state index contributed by atoms with van der Waals surface area (Å²) in [5.41, 5.74) is 4.62. The van der Waals surface area contributed by atoms with E-state index < -0.39 is 0 Å². The van der Waals surface area contributed by atoms with Crippen LogP contribution in [0, 0.1) is 11.8 Å². The van der Waals surface area contributed by atoms with Crippen LogP contribution in [0.3, 0.4) is 0 Å². The zero-order valence-corrected chi connectivity index (χ0v) is 13.9. The molecule has 0 aliphatic rings. The number of amides is 2. The molecule has 0 fully saturated rings. The summed E-state index contributed by atoms with van der Waals surface area (Å²) < 4.78 is 0. The Bertz CT molecular complexity index is 546. The minimum atomic E-state index is -0.259. The Hall–Kier alpha value is -2.17. The number of hydrogen-bond acceptors (Lipinski definition) is 3. The quantitative estimate of drug-likeness (QED) is 0.624. The Morgan fingerprint density at radius 2 is 1.68 bits per heavy atom. The van der Waals surface area contributed by atoms with Gasteiger partial charge in [-0.15, -0.1) is 0 Å². The van der Waals surface area contributed by atoms with Crippen molar-refractivity contribution in [1.82, 2.24) is 5.43 Å². The number of carbonyl (C=O) groups is 2. The van der Waals surface area contributed by atoms with Crippen LogP contribution in [-0.2, 0) is 4.79 Å². The predicted molar refractivity (Wildman–Crippen MR) is 89.9 cm³/mol. The molecule has 5 nitrogen and oxygen atoms in total. The van der Waals surface area contributed by atoms with Crippen molar-refractivity contribution in [1.29, 1.82) is 0 Å². The fourth-order valence-electron chi connectivity index (χ4n) is 1.84. The maximum atomic E-state index is 12.0. The number of rotatable bonds is 6. The van der Waals surface area contributed by atoms with Crippen LogP contribution in [0.15, 0.2) is 29.4 Å². The zero-order chi connectivity index (χ0) is 16.7. The van der Waals surface area contributed by atoms with E-state index in [1.54, 1.807) is 24.3 Å². The maximum absolute atomic E-state index is 12.0. The fourth-order valence-corrected chi connectivity index (χ4v) is 1.84. The van der Waals surface area contributed by atoms with E-state index in [1.807, 2.05) is 20.8 Å². The molecule has 0 spiro atoms. The van der Waals surface area contributed by atoms with Gasteiger partial charge in [0.25, 0.3) is 5.91 Å². The van der Waals surface area contributed by atoms with Crippen LogP contribution in [-0.4, -0.2) is 17.5 Å². The van der Waals surface area contributed by atoms with E-state index in [4.69, 9.17) is 0 Å². The van der Waals surface area contributed by atoms with Gasteiger partial charge in [0.15, 0.2) is 0 Å². The van der Waals surface area contributed by atoms with Gasteiger partial charge in [-0.25, -0.2) is 5.43 Å². The maximum Gasteiger partial charge on any atom is 0.271 e. The third-order valence-electron chi connectivity index (χ3n) is 2.99. The molecule has 1 aromatic rings. The Morgan fingerprint density at radius 3 is 2.18 bits per heavy atom. The van der Waals surface area contributed by atoms with E-state index in [2.05, 4.69) is 29.7 Å². The molecule has 0 aliphatic heterocycles. The smallest absolute Gasteiger partial charge is 0.271 e. The lowest BCUT2D eigenvalue weighted by molar-refractivity contribution is -0.118. The number of nitrogens with zero attached hydrogens (tertiary/aromatic N) is 1. The molecule has 0 saturated heterocycles. The second-order valence-corrected chi connectivity index (χ2v) is 6.11. The van der Waals surface area contributed by atoms with E-state index in [0.717, 1.165) is 12.1 Å². The third-order valence-corrected chi connectivity index (χ3v) is 2.99. The highest BCUT2D eigenvalue weighted by atomic mass is 16.2. The average molecular weight is 303 g/mol. The van der Waals surface area contributed by atoms with E-state index in [1.165, 1.54) is 0 Å². The monoisotopic (exact) mass is 303 g/mol. The highest BCUT2D eigenvalue weighted by Gasteiger charge is 2.08. The summed E-state index contributed by atoms with van der Waals surface area (Å²) in [6.45, 7) is 9.75. The normalized spacial score (nSPS) is 11.7. The Morgan fingerprint density at radius 1 is 1.09 bits per heavy atom. The van der Waals surface area contributed by atoms with Crippen LogP contribution in [0.5, 0.6) is 0 Å². The van der Waals surface area contributed by atoms with Crippen LogP contribution < -0.4 is 10.7 Å². The molecule has 0 aliphatic carbocycles. The molecule has 0 bridgehead atoms. The molecule has 0 radical (unpaired) electrons. The first-order valence-electron chi connectivity index (χ1n) is 7.54. The number of benzene rings is 1. The molecular weight excluding hydrogens is 278 g/mol. The summed E-state index contributed by atoms with van der Waals surface area (Å²) >= 11 is 0. The van der Waals surface area contributed by atoms with Crippen molar-refractivity contribution < 1.29 is 9.59 Å². The number of nitrogens with one attached hydrogen (secondary N) is 2. The van der Waals surface area contributed by atoms with Crippen LogP contribution in [0.4, 0.5) is 5.69 Å². The minimum absolute atomic E-state index is 0.0499. The largest absolute Gasteiger partial charge is 0.326 e. The second-order valence-electron chi connectivity index (χ2n) is 6.11. The molecule has 0 unspecified atom stereocenters. The number of carbonyl (C=O) groups excluding carboxylic acids is 2. The fraction of sp³-hybridized carbons (Fsp3) is 0.471. The SMILES string of the molecule is C/C(CC(C)C)=N\NC(=O)c1ccc(NC(=O)C(C)C)cc1. The molecule has 5 heteroatoms. The van der Waals surface area contributed by atoms with E-state index >= 15 is 0 Å². The third kappa shape index (κ3) is 6.08. The topological polar surface area (TPSA) is 70.6 Å². The van der Waals surface area contributed by atoms with Gasteiger partial charge in [0.05, 0.1) is 0 Å². The summed E-state index contributed by atoms with van der Waals surface area (Å²) in [6, 6.07) is 6.75. The van der Waals surface area contributed by atoms with Crippen LogP contribution in [0.25, 0.3) is 0 Å². The lowest BCUT2D eigenvalue weighted by Crippen LogP contribution is -2.20. The van der Waals surface area contributed by atoms with Crippen molar-refractivity contribution in [2.24, 2.45) is 16.9 Å². The molecule has 0 atom stereocenters. The predicted octanol–water partition coefficient (Wildman–Crippen LogP) is 3.43. The first-order chi connectivity index (χ1) is 10.3. The van der Waals surface area contributed by atoms with E-state index in [0.29, 0.717) is 17.2 Å². The van der Waals surface area contributed by atoms with Gasteiger partial charge in [0, 0.05) is 22.9 Å². The van der Waals surface area contributed by atoms with Crippen molar-refractivity contribution in [3.05, 3.63) is 29.8 Å². The molecule has 120 valence electrons. The van der Waals surface area contributed by atoms with Gasteiger partial charge in [-0.2, -0.15) is 5.10 Å². The summed E-state index contributed by atoms with van der Waals surface area (Å²) in [5.74, 6) is 0.113. The van der Waals surface area contributed by atoms with Crippen molar-refractivity contribution in [2.75, 3.05) is 5.32 Å². The number of hydrogen-bond donors (Lipinski definition) is 2. The highest BCUT2D eigenvalue weighted by molar-refractivity contribution is 5.96. The molecule has 1 aromatic carbocycles. The molecule has 22 heavy (non-hydrogen) atoms. The average Bonchev–Trinajstić information content (AvgIpc) is 2.44. The summed E-state index contributed by atoms with van der Waals surface area (Å²) in [6.07, 6.45) is 0.848.